The summed E-state index contributed by atoms with van der Waals surface area (Å²) in [4.78, 5) is 6.92. The summed E-state index contributed by atoms with van der Waals surface area (Å²) in [6, 6.07) is 12.7. The molecule has 4 heteroatoms. The predicted molar refractivity (Wildman–Crippen MR) is 119 cm³/mol. The minimum atomic E-state index is -0.0876. The van der Waals surface area contributed by atoms with Crippen molar-refractivity contribution in [3.63, 3.8) is 0 Å². The molecule has 4 nitrogen and oxygen atoms in total. The molecule has 5 rings (SSSR count). The molecular weight excluding hydrogens is 372 g/mol. The Morgan fingerprint density at radius 2 is 1.67 bits per heavy atom. The van der Waals surface area contributed by atoms with E-state index >= 15 is 0 Å². The van der Waals surface area contributed by atoms with Gasteiger partial charge in [0, 0.05) is 12.7 Å². The maximum atomic E-state index is 6.04. The molecule has 30 heavy (non-hydrogen) atoms. The van der Waals surface area contributed by atoms with Crippen LogP contribution in [0.2, 0.25) is 0 Å². The molecule has 160 valence electrons. The first-order chi connectivity index (χ1) is 14.7. The van der Waals surface area contributed by atoms with E-state index in [1.807, 2.05) is 12.1 Å². The third-order valence-electron chi connectivity index (χ3n) is 7.50. The number of rotatable bonds is 4. The van der Waals surface area contributed by atoms with Crippen LogP contribution in [0, 0.1) is 17.8 Å². The average Bonchev–Trinajstić information content (AvgIpc) is 2.80. The van der Waals surface area contributed by atoms with Crippen LogP contribution in [0.5, 0.6) is 11.6 Å². The number of ether oxygens (including phenoxy) is 2. The highest BCUT2D eigenvalue weighted by molar-refractivity contribution is 5.35. The summed E-state index contributed by atoms with van der Waals surface area (Å²) >= 11 is 0. The van der Waals surface area contributed by atoms with Crippen LogP contribution in [0.15, 0.2) is 42.6 Å². The standard InChI is InChI=1S/C26H34N2O2/c1-19-4-8-21(9-5-19)22-12-15-28(16-13-22)17-20-6-10-23(11-7-20)25-18-29-24-3-2-14-27-26(24)30-25/h2-3,6-7,10-11,14,19,21-22,25H,4-5,8-9,12-13,15-18H2,1H3. The van der Waals surface area contributed by atoms with Gasteiger partial charge in [0.05, 0.1) is 0 Å². The minimum absolute atomic E-state index is 0.0876. The van der Waals surface area contributed by atoms with Gasteiger partial charge in [-0.05, 0) is 79.8 Å². The van der Waals surface area contributed by atoms with Gasteiger partial charge in [0.25, 0.3) is 5.88 Å². The molecule has 1 aromatic heterocycles. The van der Waals surface area contributed by atoms with E-state index in [0.29, 0.717) is 12.5 Å². The van der Waals surface area contributed by atoms with E-state index in [1.54, 1.807) is 6.20 Å². The Morgan fingerprint density at radius 3 is 2.43 bits per heavy atom. The van der Waals surface area contributed by atoms with Gasteiger partial charge in [-0.1, -0.05) is 44.0 Å². The van der Waals surface area contributed by atoms with E-state index in [-0.39, 0.29) is 6.10 Å². The largest absolute Gasteiger partial charge is 0.484 e. The fraction of sp³-hybridized carbons (Fsp3) is 0.577. The number of aromatic nitrogens is 1. The van der Waals surface area contributed by atoms with Gasteiger partial charge in [0.15, 0.2) is 11.9 Å². The van der Waals surface area contributed by atoms with Crippen LogP contribution in [0.25, 0.3) is 0 Å². The van der Waals surface area contributed by atoms with Gasteiger partial charge >= 0.3 is 0 Å². The third kappa shape index (κ3) is 4.49. The summed E-state index contributed by atoms with van der Waals surface area (Å²) in [6.45, 7) is 6.51. The molecule has 0 N–H and O–H groups in total. The maximum Gasteiger partial charge on any atom is 0.257 e. The molecule has 0 bridgehead atoms. The molecule has 1 aliphatic carbocycles. The van der Waals surface area contributed by atoms with Crippen molar-refractivity contribution < 1.29 is 9.47 Å². The minimum Gasteiger partial charge on any atom is -0.484 e. The van der Waals surface area contributed by atoms with Gasteiger partial charge in [-0.2, -0.15) is 0 Å². The summed E-state index contributed by atoms with van der Waals surface area (Å²) < 4.78 is 11.8. The van der Waals surface area contributed by atoms with Crippen LogP contribution in [0.4, 0.5) is 0 Å². The van der Waals surface area contributed by atoms with Crippen molar-refractivity contribution in [1.82, 2.24) is 9.88 Å². The SMILES string of the molecule is CC1CCC(C2CCN(Cc3ccc(C4COc5cccnc5O4)cc3)CC2)CC1. The molecule has 1 saturated carbocycles. The van der Waals surface area contributed by atoms with Gasteiger partial charge in [-0.25, -0.2) is 4.98 Å². The first kappa shape index (κ1) is 19.9. The number of hydrogen-bond acceptors (Lipinski definition) is 4. The Balaban J connectivity index is 1.12. The monoisotopic (exact) mass is 406 g/mol. The van der Waals surface area contributed by atoms with Gasteiger partial charge in [-0.15, -0.1) is 0 Å². The molecule has 3 heterocycles. The lowest BCUT2D eigenvalue weighted by Gasteiger charge is -2.38. The molecule has 1 atom stereocenters. The fourth-order valence-electron chi connectivity index (χ4n) is 5.51. The lowest BCUT2D eigenvalue weighted by Crippen LogP contribution is -2.36. The van der Waals surface area contributed by atoms with Crippen molar-refractivity contribution in [3.8, 4) is 11.6 Å². The zero-order valence-electron chi connectivity index (χ0n) is 18.1. The van der Waals surface area contributed by atoms with E-state index in [2.05, 4.69) is 41.1 Å². The first-order valence-corrected chi connectivity index (χ1v) is 11.8. The number of benzene rings is 1. The van der Waals surface area contributed by atoms with E-state index in [1.165, 1.54) is 57.2 Å². The Morgan fingerprint density at radius 1 is 0.933 bits per heavy atom. The maximum absolute atomic E-state index is 6.04. The number of piperidine rings is 1. The summed E-state index contributed by atoms with van der Waals surface area (Å²) in [5.74, 6) is 4.25. The Bertz CT molecular complexity index is 821. The van der Waals surface area contributed by atoms with Gasteiger partial charge in [0.2, 0.25) is 0 Å². The first-order valence-electron chi connectivity index (χ1n) is 11.8. The van der Waals surface area contributed by atoms with Crippen LogP contribution in [-0.4, -0.2) is 29.6 Å². The van der Waals surface area contributed by atoms with Crippen LogP contribution in [0.1, 0.15) is 62.7 Å². The van der Waals surface area contributed by atoms with Crippen molar-refractivity contribution >= 4 is 0 Å². The van der Waals surface area contributed by atoms with Gasteiger partial charge in [-0.3, -0.25) is 4.90 Å². The normalized spacial score (nSPS) is 27.7. The summed E-state index contributed by atoms with van der Waals surface area (Å²) in [6.07, 6.45) is 10.3. The van der Waals surface area contributed by atoms with Gasteiger partial charge < -0.3 is 9.47 Å². The van der Waals surface area contributed by atoms with E-state index in [9.17, 15) is 0 Å². The van der Waals surface area contributed by atoms with Crippen molar-refractivity contribution in [2.75, 3.05) is 19.7 Å². The number of likely N-dealkylation sites (tertiary alicyclic amines) is 1. The summed E-state index contributed by atoms with van der Waals surface area (Å²) in [5.41, 5.74) is 2.54. The second kappa shape index (κ2) is 8.97. The molecule has 1 saturated heterocycles. The van der Waals surface area contributed by atoms with Gasteiger partial charge in [0.1, 0.15) is 6.61 Å². The molecule has 1 aromatic carbocycles. The Labute approximate surface area is 180 Å². The topological polar surface area (TPSA) is 34.6 Å². The molecule has 2 aliphatic heterocycles. The molecule has 2 fully saturated rings. The van der Waals surface area contributed by atoms with Crippen molar-refractivity contribution in [2.24, 2.45) is 17.8 Å². The Hall–Kier alpha value is -2.07. The molecule has 1 unspecified atom stereocenters. The van der Waals surface area contributed by atoms with Crippen molar-refractivity contribution in [2.45, 2.75) is 58.1 Å². The molecule has 0 radical (unpaired) electrons. The highest BCUT2D eigenvalue weighted by Gasteiger charge is 2.29. The molecule has 2 aromatic rings. The van der Waals surface area contributed by atoms with E-state index < -0.39 is 0 Å². The lowest BCUT2D eigenvalue weighted by molar-refractivity contribution is 0.0850. The smallest absolute Gasteiger partial charge is 0.257 e. The van der Waals surface area contributed by atoms with Crippen molar-refractivity contribution in [3.05, 3.63) is 53.7 Å². The van der Waals surface area contributed by atoms with Crippen molar-refractivity contribution in [1.29, 1.82) is 0 Å². The van der Waals surface area contributed by atoms with Crippen LogP contribution >= 0.6 is 0 Å². The molecule has 0 spiro atoms. The van der Waals surface area contributed by atoms with E-state index in [0.717, 1.165) is 35.6 Å². The fourth-order valence-corrected chi connectivity index (χ4v) is 5.51. The second-order valence-electron chi connectivity index (χ2n) is 9.60. The molecule has 0 amide bonds. The molecular formula is C26H34N2O2. The quantitative estimate of drug-likeness (QED) is 0.659. The highest BCUT2D eigenvalue weighted by Crippen LogP contribution is 2.38. The summed E-state index contributed by atoms with van der Waals surface area (Å²) in [7, 11) is 0. The number of nitrogens with zero attached hydrogens (tertiary/aromatic N) is 2. The predicted octanol–water partition coefficient (Wildman–Crippen LogP) is 5.63. The zero-order chi connectivity index (χ0) is 20.3. The van der Waals surface area contributed by atoms with Crippen LogP contribution in [0.3, 0.4) is 0 Å². The second-order valence-corrected chi connectivity index (χ2v) is 9.60. The Kier molecular flexibility index (Phi) is 5.94. The third-order valence-corrected chi connectivity index (χ3v) is 7.50. The number of hydrogen-bond donors (Lipinski definition) is 0. The molecule has 3 aliphatic rings. The average molecular weight is 407 g/mol. The number of pyridine rings is 1. The zero-order valence-corrected chi connectivity index (χ0v) is 18.1. The van der Waals surface area contributed by atoms with Crippen LogP contribution < -0.4 is 9.47 Å². The number of fused-ring (bicyclic) bond motifs is 1. The van der Waals surface area contributed by atoms with Crippen LogP contribution in [-0.2, 0) is 6.54 Å². The summed E-state index contributed by atoms with van der Waals surface area (Å²) in [5, 5.41) is 0. The lowest BCUT2D eigenvalue weighted by atomic mass is 9.73. The highest BCUT2D eigenvalue weighted by atomic mass is 16.6. The van der Waals surface area contributed by atoms with E-state index in [4.69, 9.17) is 9.47 Å².